The van der Waals surface area contributed by atoms with Gasteiger partial charge in [0.15, 0.2) is 0 Å². The molecule has 0 aliphatic heterocycles. The van der Waals surface area contributed by atoms with Crippen LogP contribution in [0.25, 0.3) is 0 Å². The van der Waals surface area contributed by atoms with Gasteiger partial charge in [-0.25, -0.2) is 0 Å². The van der Waals surface area contributed by atoms with Crippen LogP contribution in [0.15, 0.2) is 11.6 Å². The molecule has 29 heavy (non-hydrogen) atoms. The highest BCUT2D eigenvalue weighted by Gasteiger charge is 2.61. The lowest BCUT2D eigenvalue weighted by atomic mass is 9.43. The minimum absolute atomic E-state index is 0.201. The molecule has 0 N–H and O–H groups in total. The van der Waals surface area contributed by atoms with Gasteiger partial charge >= 0.3 is 0 Å². The lowest BCUT2D eigenvalue weighted by molar-refractivity contribution is -0.135. The van der Waals surface area contributed by atoms with Gasteiger partial charge in [0.25, 0.3) is 0 Å². The Morgan fingerprint density at radius 1 is 1.00 bits per heavy atom. The molecule has 1 heteroatoms. The Hall–Kier alpha value is -0.590. The minimum atomic E-state index is 0.201. The Balaban J connectivity index is 1.54. The summed E-state index contributed by atoms with van der Waals surface area (Å²) in [6, 6.07) is 0. The zero-order valence-corrected chi connectivity index (χ0v) is 20.2. The lowest BCUT2D eigenvalue weighted by Gasteiger charge is -2.61. The van der Waals surface area contributed by atoms with Gasteiger partial charge in [-0.2, -0.15) is 0 Å². The molecule has 0 bridgehead atoms. The topological polar surface area (TPSA) is 17.1 Å². The molecule has 3 fully saturated rings. The molecule has 4 aliphatic carbocycles. The van der Waals surface area contributed by atoms with Gasteiger partial charge in [-0.1, -0.05) is 72.5 Å². The van der Waals surface area contributed by atoms with Crippen LogP contribution in [0, 0.1) is 45.8 Å². The molecule has 7 atom stereocenters. The Morgan fingerprint density at radius 3 is 2.48 bits per heavy atom. The first-order valence-electron chi connectivity index (χ1n) is 12.8. The van der Waals surface area contributed by atoms with E-state index in [0.29, 0.717) is 16.6 Å². The highest BCUT2D eigenvalue weighted by molar-refractivity contribution is 5.80. The van der Waals surface area contributed by atoms with Gasteiger partial charge in [0.1, 0.15) is 5.78 Å². The third-order valence-electron chi connectivity index (χ3n) is 10.8. The summed E-state index contributed by atoms with van der Waals surface area (Å²) in [5.41, 5.74) is 2.90. The van der Waals surface area contributed by atoms with Gasteiger partial charge in [-0.05, 0) is 84.4 Å². The van der Waals surface area contributed by atoms with E-state index >= 15 is 0 Å². The molecule has 0 aromatic heterocycles. The van der Waals surface area contributed by atoms with Crippen molar-refractivity contribution in [3.63, 3.8) is 0 Å². The number of Topliss-reactive ketones (excluding diaryl/α,β-unsaturated/α-hetero) is 1. The van der Waals surface area contributed by atoms with Crippen LogP contribution in [0.3, 0.4) is 0 Å². The van der Waals surface area contributed by atoms with Crippen LogP contribution >= 0.6 is 0 Å². The van der Waals surface area contributed by atoms with Gasteiger partial charge in [0, 0.05) is 12.8 Å². The molecule has 0 aromatic carbocycles. The third kappa shape index (κ3) is 3.38. The zero-order chi connectivity index (χ0) is 21.0. The maximum absolute atomic E-state index is 12.3. The van der Waals surface area contributed by atoms with E-state index in [1.165, 1.54) is 44.9 Å². The summed E-state index contributed by atoms with van der Waals surface area (Å²) in [4.78, 5) is 12.3. The second-order valence-electron chi connectivity index (χ2n) is 12.7. The highest BCUT2D eigenvalue weighted by atomic mass is 16.1. The molecule has 1 nitrogen and oxygen atoms in total. The van der Waals surface area contributed by atoms with E-state index in [-0.39, 0.29) is 5.41 Å². The predicted molar refractivity (Wildman–Crippen MR) is 123 cm³/mol. The van der Waals surface area contributed by atoms with Crippen molar-refractivity contribution < 1.29 is 4.79 Å². The van der Waals surface area contributed by atoms with Crippen molar-refractivity contribution in [3.8, 4) is 0 Å². The highest BCUT2D eigenvalue weighted by Crippen LogP contribution is 2.69. The Labute approximate surface area is 180 Å². The molecule has 0 radical (unpaired) electrons. The summed E-state index contributed by atoms with van der Waals surface area (Å²) in [7, 11) is 0. The summed E-state index contributed by atoms with van der Waals surface area (Å²) >= 11 is 0. The maximum atomic E-state index is 12.3. The van der Waals surface area contributed by atoms with Crippen molar-refractivity contribution >= 4 is 5.78 Å². The summed E-state index contributed by atoms with van der Waals surface area (Å²) in [6.45, 7) is 14.9. The van der Waals surface area contributed by atoms with Crippen LogP contribution in [0.4, 0.5) is 0 Å². The predicted octanol–water partition coefficient (Wildman–Crippen LogP) is 7.99. The third-order valence-corrected chi connectivity index (χ3v) is 10.8. The smallest absolute Gasteiger partial charge is 0.133 e. The van der Waals surface area contributed by atoms with E-state index < -0.39 is 0 Å². The molecule has 0 aromatic rings. The van der Waals surface area contributed by atoms with Crippen molar-refractivity contribution in [2.24, 2.45) is 45.8 Å². The van der Waals surface area contributed by atoms with E-state index in [1.807, 2.05) is 5.57 Å². The number of hydrogen-bond acceptors (Lipinski definition) is 1. The lowest BCUT2D eigenvalue weighted by Crippen LogP contribution is -2.54. The first-order chi connectivity index (χ1) is 13.6. The fourth-order valence-electron chi connectivity index (χ4n) is 8.66. The molecule has 1 unspecified atom stereocenters. The molecule has 0 saturated heterocycles. The first-order valence-corrected chi connectivity index (χ1v) is 12.8. The number of fused-ring (bicyclic) bond motifs is 5. The molecule has 0 amide bonds. The first kappa shape index (κ1) is 21.6. The number of ketones is 1. The normalized spacial score (nSPS) is 45.4. The Morgan fingerprint density at radius 2 is 1.76 bits per heavy atom. The van der Waals surface area contributed by atoms with E-state index in [2.05, 4.69) is 47.6 Å². The Bertz CT molecular complexity index is 674. The summed E-state index contributed by atoms with van der Waals surface area (Å²) in [5.74, 6) is 4.70. The van der Waals surface area contributed by atoms with Crippen molar-refractivity contribution in [1.29, 1.82) is 0 Å². The monoisotopic (exact) mass is 398 g/mol. The number of carbonyl (C=O) groups is 1. The van der Waals surface area contributed by atoms with Gasteiger partial charge in [-0.15, -0.1) is 0 Å². The van der Waals surface area contributed by atoms with Crippen molar-refractivity contribution in [1.82, 2.24) is 0 Å². The Kier molecular flexibility index (Phi) is 5.61. The molecular weight excluding hydrogens is 352 g/mol. The van der Waals surface area contributed by atoms with E-state index in [4.69, 9.17) is 0 Å². The van der Waals surface area contributed by atoms with Crippen LogP contribution < -0.4 is 0 Å². The average Bonchev–Trinajstić information content (AvgIpc) is 2.99. The molecule has 0 heterocycles. The number of hydrogen-bond donors (Lipinski definition) is 0. The fourth-order valence-corrected chi connectivity index (χ4v) is 8.66. The van der Waals surface area contributed by atoms with E-state index in [0.717, 1.165) is 55.3 Å². The van der Waals surface area contributed by atoms with Crippen molar-refractivity contribution in [2.45, 2.75) is 112 Å². The largest absolute Gasteiger partial charge is 0.300 e. The fraction of sp³-hybridized carbons (Fsp3) is 0.893. The van der Waals surface area contributed by atoms with Gasteiger partial charge in [0.05, 0.1) is 0 Å². The van der Waals surface area contributed by atoms with Crippen LogP contribution in [-0.2, 0) is 4.79 Å². The van der Waals surface area contributed by atoms with Crippen molar-refractivity contribution in [2.75, 3.05) is 0 Å². The van der Waals surface area contributed by atoms with E-state index in [9.17, 15) is 4.79 Å². The molecular formula is C28H46O. The van der Waals surface area contributed by atoms with Crippen LogP contribution in [0.2, 0.25) is 0 Å². The SMILES string of the molecule is CC(C)CCC[C@@H](C)[C@H]1CC[C@H]2C3=CCC4(C)CC(=O)CC[C@]4(C)[C@H]3CC[C@]12C. The molecule has 4 aliphatic rings. The second-order valence-corrected chi connectivity index (χ2v) is 12.7. The summed E-state index contributed by atoms with van der Waals surface area (Å²) in [5, 5.41) is 0. The van der Waals surface area contributed by atoms with Gasteiger partial charge < -0.3 is 0 Å². The molecule has 4 rings (SSSR count). The van der Waals surface area contributed by atoms with Crippen LogP contribution in [-0.4, -0.2) is 5.78 Å². The van der Waals surface area contributed by atoms with Gasteiger partial charge in [-0.3, -0.25) is 4.79 Å². The maximum Gasteiger partial charge on any atom is 0.133 e. The zero-order valence-electron chi connectivity index (χ0n) is 20.2. The molecule has 0 spiro atoms. The number of rotatable bonds is 5. The number of carbonyl (C=O) groups excluding carboxylic acids is 1. The van der Waals surface area contributed by atoms with Crippen LogP contribution in [0.5, 0.6) is 0 Å². The minimum Gasteiger partial charge on any atom is -0.300 e. The van der Waals surface area contributed by atoms with Gasteiger partial charge in [0.2, 0.25) is 0 Å². The summed E-state index contributed by atoms with van der Waals surface area (Å²) < 4.78 is 0. The quantitative estimate of drug-likeness (QED) is 0.429. The standard InChI is InChI=1S/C28H46O/c1-19(2)8-7-9-20(3)23-10-11-24-22-13-15-26(4)18-21(29)12-17-28(26,6)25(22)14-16-27(23,24)5/h13,19-20,23-25H,7-12,14-18H2,1-6H3/t20-,23-,24+,25+,26?,27-,28-/m1/s1. The summed E-state index contributed by atoms with van der Waals surface area (Å²) in [6.07, 6.45) is 16.4. The van der Waals surface area contributed by atoms with Crippen LogP contribution in [0.1, 0.15) is 112 Å². The average molecular weight is 399 g/mol. The second kappa shape index (κ2) is 7.52. The number of allylic oxidation sites excluding steroid dienone is 2. The van der Waals surface area contributed by atoms with E-state index in [1.54, 1.807) is 0 Å². The molecule has 164 valence electrons. The molecule has 3 saturated carbocycles. The van der Waals surface area contributed by atoms with Crippen molar-refractivity contribution in [3.05, 3.63) is 11.6 Å².